The predicted molar refractivity (Wildman–Crippen MR) is 157 cm³/mol. The summed E-state index contributed by atoms with van der Waals surface area (Å²) in [6, 6.07) is 24.2. The average Bonchev–Trinajstić information content (AvgIpc) is 3.47. The Bertz CT molecular complexity index is 1630. The maximum absolute atomic E-state index is 10.9. The number of fused-ring (bicyclic) bond motifs is 1. The fourth-order valence-electron chi connectivity index (χ4n) is 4.63. The molecule has 0 amide bonds. The number of piperazine rings is 1. The van der Waals surface area contributed by atoms with Gasteiger partial charge in [-0.15, -0.1) is 0 Å². The van der Waals surface area contributed by atoms with Crippen molar-refractivity contribution >= 4 is 29.3 Å². The number of hydrogen-bond acceptors (Lipinski definition) is 9. The van der Waals surface area contributed by atoms with Crippen molar-refractivity contribution in [2.75, 3.05) is 36.8 Å². The molecule has 0 atom stereocenters. The van der Waals surface area contributed by atoms with E-state index in [0.29, 0.717) is 30.1 Å². The summed E-state index contributed by atoms with van der Waals surface area (Å²) in [7, 11) is 0. The van der Waals surface area contributed by atoms with Gasteiger partial charge in [0.15, 0.2) is 5.65 Å². The Morgan fingerprint density at radius 1 is 0.951 bits per heavy atom. The number of nitro benzene ring substituents is 1. The van der Waals surface area contributed by atoms with Crippen LogP contribution in [0.15, 0.2) is 91.3 Å². The minimum absolute atomic E-state index is 0.0297. The molecular weight excluding hydrogens is 522 g/mol. The number of benzene rings is 3. The number of ether oxygens (including phenoxy) is 1. The van der Waals surface area contributed by atoms with Gasteiger partial charge < -0.3 is 20.7 Å². The van der Waals surface area contributed by atoms with Gasteiger partial charge in [-0.25, -0.2) is 4.98 Å². The van der Waals surface area contributed by atoms with E-state index in [1.165, 1.54) is 17.8 Å². The van der Waals surface area contributed by atoms with E-state index in [-0.39, 0.29) is 5.69 Å². The Kier molecular flexibility index (Phi) is 8.46. The maximum atomic E-state index is 10.9. The van der Waals surface area contributed by atoms with Gasteiger partial charge in [0.05, 0.1) is 11.1 Å². The topological polar surface area (TPSA) is 141 Å². The van der Waals surface area contributed by atoms with Crippen LogP contribution in [-0.2, 0) is 16.1 Å². The van der Waals surface area contributed by atoms with Gasteiger partial charge in [-0.05, 0) is 41.0 Å². The molecule has 3 N–H and O–H groups in total. The summed E-state index contributed by atoms with van der Waals surface area (Å²) in [5.41, 5.74) is 12.6. The number of hydrogen-bond donors (Lipinski definition) is 2. The molecule has 0 aliphatic carbocycles. The Hall–Kier alpha value is -5.29. The van der Waals surface area contributed by atoms with Crippen LogP contribution in [0.5, 0.6) is 0 Å². The number of nitrogens with one attached hydrogen (secondary N) is 1. The molecule has 0 bridgehead atoms. The van der Waals surface area contributed by atoms with Crippen LogP contribution in [0.4, 0.5) is 17.2 Å². The Morgan fingerprint density at radius 3 is 2.41 bits per heavy atom. The molecule has 1 aliphatic heterocycles. The van der Waals surface area contributed by atoms with Crippen molar-refractivity contribution in [3.63, 3.8) is 0 Å². The molecule has 3 heterocycles. The third kappa shape index (κ3) is 6.31. The van der Waals surface area contributed by atoms with E-state index in [1.54, 1.807) is 29.0 Å². The average molecular weight is 552 g/mol. The van der Waals surface area contributed by atoms with E-state index in [9.17, 15) is 14.9 Å². The molecule has 0 radical (unpaired) electrons. The van der Waals surface area contributed by atoms with Crippen molar-refractivity contribution in [3.05, 3.63) is 107 Å². The van der Waals surface area contributed by atoms with Crippen LogP contribution in [0.3, 0.4) is 0 Å². The van der Waals surface area contributed by atoms with E-state index in [0.717, 1.165) is 48.4 Å². The Labute approximate surface area is 236 Å². The molecule has 208 valence electrons. The van der Waals surface area contributed by atoms with E-state index < -0.39 is 4.92 Å². The van der Waals surface area contributed by atoms with Crippen LogP contribution < -0.4 is 16.0 Å². The number of aromatic nitrogens is 3. The van der Waals surface area contributed by atoms with Crippen molar-refractivity contribution in [2.45, 2.75) is 6.61 Å². The van der Waals surface area contributed by atoms with Crippen LogP contribution in [0.2, 0.25) is 0 Å². The number of carbonyl (C=O) groups excluding carboxylic acids is 1. The van der Waals surface area contributed by atoms with Gasteiger partial charge in [0.25, 0.3) is 12.2 Å². The lowest BCUT2D eigenvalue weighted by atomic mass is 10.1. The first-order valence-corrected chi connectivity index (χ1v) is 13.1. The van der Waals surface area contributed by atoms with Crippen molar-refractivity contribution < 1.29 is 14.5 Å². The molecular formula is C30H29N7O4. The molecule has 3 aromatic carbocycles. The number of rotatable bonds is 7. The lowest BCUT2D eigenvalue weighted by Crippen LogP contribution is -2.43. The summed E-state index contributed by atoms with van der Waals surface area (Å²) < 4.78 is 6.15. The van der Waals surface area contributed by atoms with Crippen molar-refractivity contribution in [1.82, 2.24) is 19.9 Å². The summed E-state index contributed by atoms with van der Waals surface area (Å²) in [6.45, 7) is 4.72. The quantitative estimate of drug-likeness (QED) is 0.172. The molecule has 0 spiro atoms. The standard InChI is InChI=1S/C22H21N7O2.C8H8O2/c23-21-19(15-4-6-17(7-5-15)29(30)31)13-25-22-20(14-26-28(21)22)16-2-1-3-18(12-16)27-10-8-24-9-11-27;9-7-10-6-8-4-2-1-3-5-8/h1-7,12-14,24H,8-11,23H2;1-5,7H,6H2. The summed E-state index contributed by atoms with van der Waals surface area (Å²) >= 11 is 0. The molecule has 0 unspecified atom stereocenters. The highest BCUT2D eigenvalue weighted by atomic mass is 16.6. The molecule has 0 saturated carbocycles. The number of non-ortho nitro benzene ring substituents is 1. The monoisotopic (exact) mass is 551 g/mol. The van der Waals surface area contributed by atoms with Gasteiger partial charge in [-0.2, -0.15) is 9.61 Å². The number of nitrogens with two attached hydrogens (primary N) is 1. The SMILES string of the molecule is Nc1c(-c2ccc([N+](=O)[O-])cc2)cnc2c(-c3cccc(N4CCNCC4)c3)cnn12.O=COCc1ccccc1. The molecule has 2 aromatic heterocycles. The molecule has 11 heteroatoms. The first kappa shape index (κ1) is 27.3. The first-order valence-electron chi connectivity index (χ1n) is 13.1. The van der Waals surface area contributed by atoms with E-state index >= 15 is 0 Å². The molecule has 1 aliphatic rings. The molecule has 6 rings (SSSR count). The zero-order chi connectivity index (χ0) is 28.6. The predicted octanol–water partition coefficient (Wildman–Crippen LogP) is 4.32. The van der Waals surface area contributed by atoms with Crippen molar-refractivity contribution in [3.8, 4) is 22.3 Å². The summed E-state index contributed by atoms with van der Waals surface area (Å²) in [5, 5.41) is 18.7. The van der Waals surface area contributed by atoms with Gasteiger partial charge in [0.2, 0.25) is 0 Å². The largest absolute Gasteiger partial charge is 0.463 e. The molecule has 1 saturated heterocycles. The number of anilines is 2. The second-order valence-corrected chi connectivity index (χ2v) is 9.33. The fourth-order valence-corrected chi connectivity index (χ4v) is 4.63. The molecule has 41 heavy (non-hydrogen) atoms. The highest BCUT2D eigenvalue weighted by Gasteiger charge is 2.16. The smallest absolute Gasteiger partial charge is 0.293 e. The summed E-state index contributed by atoms with van der Waals surface area (Å²) in [6.07, 6.45) is 3.46. The van der Waals surface area contributed by atoms with Gasteiger partial charge >= 0.3 is 0 Å². The van der Waals surface area contributed by atoms with Crippen LogP contribution in [-0.4, -0.2) is 52.2 Å². The van der Waals surface area contributed by atoms with E-state index in [1.807, 2.05) is 42.5 Å². The Balaban J connectivity index is 0.000000287. The minimum atomic E-state index is -0.428. The maximum Gasteiger partial charge on any atom is 0.293 e. The molecule has 1 fully saturated rings. The fraction of sp³-hybridized carbons (Fsp3) is 0.167. The van der Waals surface area contributed by atoms with E-state index in [4.69, 9.17) is 5.73 Å². The highest BCUT2D eigenvalue weighted by molar-refractivity contribution is 5.83. The van der Waals surface area contributed by atoms with Crippen LogP contribution in [0, 0.1) is 10.1 Å². The van der Waals surface area contributed by atoms with Crippen LogP contribution >= 0.6 is 0 Å². The molecule has 11 nitrogen and oxygen atoms in total. The van der Waals surface area contributed by atoms with Gasteiger partial charge in [-0.1, -0.05) is 42.5 Å². The van der Waals surface area contributed by atoms with Gasteiger partial charge in [-0.3, -0.25) is 14.9 Å². The normalized spacial score (nSPS) is 12.8. The second kappa shape index (κ2) is 12.7. The number of carbonyl (C=O) groups is 1. The summed E-state index contributed by atoms with van der Waals surface area (Å²) in [4.78, 5) is 27.2. The number of nitrogen functional groups attached to an aromatic ring is 1. The van der Waals surface area contributed by atoms with E-state index in [2.05, 4.69) is 37.2 Å². The lowest BCUT2D eigenvalue weighted by Gasteiger charge is -2.29. The van der Waals surface area contributed by atoms with Crippen LogP contribution in [0.1, 0.15) is 5.56 Å². The number of nitro groups is 1. The first-order chi connectivity index (χ1) is 20.0. The third-order valence-electron chi connectivity index (χ3n) is 6.75. The van der Waals surface area contributed by atoms with Crippen molar-refractivity contribution in [1.29, 1.82) is 0 Å². The zero-order valence-corrected chi connectivity index (χ0v) is 22.2. The molecule has 5 aromatic rings. The minimum Gasteiger partial charge on any atom is -0.463 e. The van der Waals surface area contributed by atoms with Crippen molar-refractivity contribution in [2.24, 2.45) is 0 Å². The van der Waals surface area contributed by atoms with Gasteiger partial charge in [0, 0.05) is 61.3 Å². The summed E-state index contributed by atoms with van der Waals surface area (Å²) in [5.74, 6) is 0.434. The zero-order valence-electron chi connectivity index (χ0n) is 22.2. The number of nitrogens with zero attached hydrogens (tertiary/aromatic N) is 5. The van der Waals surface area contributed by atoms with Gasteiger partial charge in [0.1, 0.15) is 12.4 Å². The Morgan fingerprint density at radius 2 is 1.71 bits per heavy atom. The third-order valence-corrected chi connectivity index (χ3v) is 6.75. The van der Waals surface area contributed by atoms with Crippen LogP contribution in [0.25, 0.3) is 27.9 Å². The second-order valence-electron chi connectivity index (χ2n) is 9.33. The highest BCUT2D eigenvalue weighted by Crippen LogP contribution is 2.32. The lowest BCUT2D eigenvalue weighted by molar-refractivity contribution is -0.384.